The maximum absolute atomic E-state index is 13.0. The fourth-order valence-electron chi connectivity index (χ4n) is 4.35. The summed E-state index contributed by atoms with van der Waals surface area (Å²) in [6.07, 6.45) is 3.15. The Labute approximate surface area is 162 Å². The van der Waals surface area contributed by atoms with Gasteiger partial charge < -0.3 is 0 Å². The van der Waals surface area contributed by atoms with Gasteiger partial charge >= 0.3 is 0 Å². The molecule has 2 amide bonds. The standard InChI is InChI=1S/C21H21N5O2/c27-20(12-14-10-15-4-1-2-5-16(15)11-14)25-8-3-9-26(25)21(28)17-6-7-18-19(13-17)23-24-22-18/h1-2,4-7,13-14H,3,8-12H2,(H,22,23,24). The van der Waals surface area contributed by atoms with E-state index in [1.807, 2.05) is 0 Å². The second-order valence-corrected chi connectivity index (χ2v) is 7.57. The fourth-order valence-corrected chi connectivity index (χ4v) is 4.35. The number of aromatic nitrogens is 3. The van der Waals surface area contributed by atoms with Crippen LogP contribution in [0.4, 0.5) is 0 Å². The van der Waals surface area contributed by atoms with Crippen molar-refractivity contribution in [2.24, 2.45) is 5.92 Å². The zero-order valence-corrected chi connectivity index (χ0v) is 15.5. The number of fused-ring (bicyclic) bond motifs is 2. The number of carbonyl (C=O) groups is 2. The summed E-state index contributed by atoms with van der Waals surface area (Å²) in [5.74, 6) is 0.186. The van der Waals surface area contributed by atoms with E-state index in [1.54, 1.807) is 28.2 Å². The Morgan fingerprint density at radius 3 is 2.46 bits per heavy atom. The zero-order chi connectivity index (χ0) is 19.1. The van der Waals surface area contributed by atoms with Gasteiger partial charge in [0, 0.05) is 25.1 Å². The first-order chi connectivity index (χ1) is 13.7. The molecule has 1 aliphatic carbocycles. The summed E-state index contributed by atoms with van der Waals surface area (Å²) in [5.41, 5.74) is 4.57. The van der Waals surface area contributed by atoms with E-state index in [1.165, 1.54) is 11.1 Å². The van der Waals surface area contributed by atoms with Crippen molar-refractivity contribution in [3.8, 4) is 0 Å². The Morgan fingerprint density at radius 2 is 1.68 bits per heavy atom. The second kappa shape index (κ2) is 6.74. The van der Waals surface area contributed by atoms with E-state index in [0.717, 1.165) is 19.3 Å². The molecule has 0 radical (unpaired) electrons. The number of carbonyl (C=O) groups excluding carboxylic acids is 2. The molecule has 1 N–H and O–H groups in total. The summed E-state index contributed by atoms with van der Waals surface area (Å²) in [4.78, 5) is 26.0. The minimum atomic E-state index is -0.162. The minimum absolute atomic E-state index is 0.0335. The first kappa shape index (κ1) is 16.9. The van der Waals surface area contributed by atoms with Crippen LogP contribution >= 0.6 is 0 Å². The molecular weight excluding hydrogens is 354 g/mol. The topological polar surface area (TPSA) is 82.2 Å². The summed E-state index contributed by atoms with van der Waals surface area (Å²) < 4.78 is 0. The molecule has 1 aromatic heterocycles. The first-order valence-corrected chi connectivity index (χ1v) is 9.68. The quantitative estimate of drug-likeness (QED) is 0.762. The minimum Gasteiger partial charge on any atom is -0.273 e. The summed E-state index contributed by atoms with van der Waals surface area (Å²) in [7, 11) is 0. The van der Waals surface area contributed by atoms with Gasteiger partial charge in [0.1, 0.15) is 11.0 Å². The lowest BCUT2D eigenvalue weighted by Gasteiger charge is -2.29. The Kier molecular flexibility index (Phi) is 4.07. The largest absolute Gasteiger partial charge is 0.273 e. The van der Waals surface area contributed by atoms with E-state index in [2.05, 4.69) is 39.7 Å². The number of hydrogen-bond donors (Lipinski definition) is 1. The van der Waals surface area contributed by atoms with Crippen LogP contribution in [0, 0.1) is 5.92 Å². The molecule has 7 heteroatoms. The third kappa shape index (κ3) is 2.93. The lowest BCUT2D eigenvalue weighted by molar-refractivity contribution is -0.141. The smallest absolute Gasteiger partial charge is 0.272 e. The average molecular weight is 375 g/mol. The monoisotopic (exact) mass is 375 g/mol. The summed E-state index contributed by atoms with van der Waals surface area (Å²) >= 11 is 0. The Bertz CT molecular complexity index is 1030. The van der Waals surface area contributed by atoms with E-state index in [9.17, 15) is 9.59 Å². The molecule has 28 heavy (non-hydrogen) atoms. The third-order valence-corrected chi connectivity index (χ3v) is 5.72. The van der Waals surface area contributed by atoms with E-state index in [4.69, 9.17) is 0 Å². The van der Waals surface area contributed by atoms with Gasteiger partial charge in [-0.3, -0.25) is 14.6 Å². The van der Waals surface area contributed by atoms with Crippen LogP contribution in [0.1, 0.15) is 34.3 Å². The molecule has 1 aliphatic heterocycles. The number of amides is 2. The highest BCUT2D eigenvalue weighted by molar-refractivity contribution is 5.98. The summed E-state index contributed by atoms with van der Waals surface area (Å²) in [6, 6.07) is 13.6. The van der Waals surface area contributed by atoms with Crippen molar-refractivity contribution in [1.29, 1.82) is 0 Å². The van der Waals surface area contributed by atoms with Crippen molar-refractivity contribution in [2.75, 3.05) is 13.1 Å². The van der Waals surface area contributed by atoms with Crippen molar-refractivity contribution in [2.45, 2.75) is 25.7 Å². The highest BCUT2D eigenvalue weighted by Crippen LogP contribution is 2.30. The predicted octanol–water partition coefficient (Wildman–Crippen LogP) is 2.35. The van der Waals surface area contributed by atoms with Crippen LogP contribution < -0.4 is 0 Å². The fraction of sp³-hybridized carbons (Fsp3) is 0.333. The highest BCUT2D eigenvalue weighted by atomic mass is 16.2. The van der Waals surface area contributed by atoms with E-state index < -0.39 is 0 Å². The van der Waals surface area contributed by atoms with Gasteiger partial charge in [-0.25, -0.2) is 5.01 Å². The van der Waals surface area contributed by atoms with Crippen molar-refractivity contribution in [3.05, 3.63) is 59.2 Å². The maximum atomic E-state index is 13.0. The van der Waals surface area contributed by atoms with Crippen LogP contribution in [0.15, 0.2) is 42.5 Å². The third-order valence-electron chi connectivity index (χ3n) is 5.72. The molecule has 142 valence electrons. The summed E-state index contributed by atoms with van der Waals surface area (Å²) in [6.45, 7) is 1.16. The molecule has 0 unspecified atom stereocenters. The normalized spacial score (nSPS) is 16.7. The molecule has 0 spiro atoms. The molecule has 0 atom stereocenters. The van der Waals surface area contributed by atoms with Crippen LogP contribution in [0.2, 0.25) is 0 Å². The molecule has 1 fully saturated rings. The van der Waals surface area contributed by atoms with Gasteiger partial charge in [-0.05, 0) is 54.5 Å². The summed E-state index contributed by atoms with van der Waals surface area (Å²) in [5, 5.41) is 13.8. The number of nitrogens with one attached hydrogen (secondary N) is 1. The van der Waals surface area contributed by atoms with Gasteiger partial charge in [-0.1, -0.05) is 24.3 Å². The number of benzene rings is 2. The van der Waals surface area contributed by atoms with Crippen molar-refractivity contribution < 1.29 is 9.59 Å². The molecule has 3 aromatic rings. The molecule has 0 saturated carbocycles. The molecule has 7 nitrogen and oxygen atoms in total. The maximum Gasteiger partial charge on any atom is 0.272 e. The molecule has 2 aromatic carbocycles. The highest BCUT2D eigenvalue weighted by Gasteiger charge is 2.33. The van der Waals surface area contributed by atoms with Gasteiger partial charge in [0.15, 0.2) is 0 Å². The molecular formula is C21H21N5O2. The van der Waals surface area contributed by atoms with Crippen molar-refractivity contribution in [1.82, 2.24) is 25.4 Å². The first-order valence-electron chi connectivity index (χ1n) is 9.68. The van der Waals surface area contributed by atoms with Crippen LogP contribution in [0.5, 0.6) is 0 Å². The van der Waals surface area contributed by atoms with Gasteiger partial charge in [0.2, 0.25) is 5.91 Å². The average Bonchev–Trinajstić information content (AvgIpc) is 3.44. The predicted molar refractivity (Wildman–Crippen MR) is 103 cm³/mol. The van der Waals surface area contributed by atoms with Gasteiger partial charge in [0.05, 0.1) is 0 Å². The number of nitrogens with zero attached hydrogens (tertiary/aromatic N) is 4. The molecule has 2 heterocycles. The van der Waals surface area contributed by atoms with Crippen LogP contribution in [0.25, 0.3) is 11.0 Å². The molecule has 1 saturated heterocycles. The zero-order valence-electron chi connectivity index (χ0n) is 15.5. The number of H-pyrrole nitrogens is 1. The van der Waals surface area contributed by atoms with Crippen LogP contribution in [-0.4, -0.2) is 50.3 Å². The molecule has 5 rings (SSSR count). The number of hydrazine groups is 1. The van der Waals surface area contributed by atoms with Crippen molar-refractivity contribution in [3.63, 3.8) is 0 Å². The number of aromatic amines is 1. The van der Waals surface area contributed by atoms with E-state index in [-0.39, 0.29) is 11.8 Å². The van der Waals surface area contributed by atoms with Gasteiger partial charge in [-0.2, -0.15) is 15.4 Å². The molecule has 0 bridgehead atoms. The van der Waals surface area contributed by atoms with Crippen molar-refractivity contribution >= 4 is 22.8 Å². The lowest BCUT2D eigenvalue weighted by atomic mass is 10.0. The van der Waals surface area contributed by atoms with Gasteiger partial charge in [-0.15, -0.1) is 0 Å². The van der Waals surface area contributed by atoms with Gasteiger partial charge in [0.25, 0.3) is 5.91 Å². The van der Waals surface area contributed by atoms with E-state index >= 15 is 0 Å². The van der Waals surface area contributed by atoms with Crippen LogP contribution in [0.3, 0.4) is 0 Å². The van der Waals surface area contributed by atoms with E-state index in [0.29, 0.717) is 42.0 Å². The van der Waals surface area contributed by atoms with Crippen LogP contribution in [-0.2, 0) is 17.6 Å². The Hall–Kier alpha value is -3.22. The number of rotatable bonds is 3. The SMILES string of the molecule is O=C(CC1Cc2ccccc2C1)N1CCCN1C(=O)c1ccc2n[nH]nc2c1. The number of hydrogen-bond acceptors (Lipinski definition) is 4. The Balaban J connectivity index is 1.29. The second-order valence-electron chi connectivity index (χ2n) is 7.57. The lowest BCUT2D eigenvalue weighted by Crippen LogP contribution is -2.45. The molecule has 2 aliphatic rings. The Morgan fingerprint density at radius 1 is 0.964 bits per heavy atom.